The molecule has 5 nitrogen and oxygen atoms in total. The summed E-state index contributed by atoms with van der Waals surface area (Å²) in [6.45, 7) is 0.603. The van der Waals surface area contributed by atoms with Crippen molar-refractivity contribution in [3.63, 3.8) is 0 Å². The summed E-state index contributed by atoms with van der Waals surface area (Å²) in [7, 11) is 2.97. The van der Waals surface area contributed by atoms with Gasteiger partial charge in [0.15, 0.2) is 0 Å². The average molecular weight is 279 g/mol. The van der Waals surface area contributed by atoms with Crippen LogP contribution in [0.4, 0.5) is 0 Å². The Morgan fingerprint density at radius 2 is 1.75 bits per heavy atom. The van der Waals surface area contributed by atoms with E-state index >= 15 is 0 Å². The summed E-state index contributed by atoms with van der Waals surface area (Å²) in [6.07, 6.45) is 2.95. The van der Waals surface area contributed by atoms with Crippen molar-refractivity contribution in [2.75, 3.05) is 20.8 Å². The van der Waals surface area contributed by atoms with E-state index < -0.39 is 0 Å². The minimum Gasteiger partial charge on any atom is -0.497 e. The van der Waals surface area contributed by atoms with Crippen LogP contribution in [0, 0.1) is 0 Å². The van der Waals surface area contributed by atoms with Crippen LogP contribution in [-0.4, -0.2) is 32.6 Å². The van der Waals surface area contributed by atoms with Crippen molar-refractivity contribution >= 4 is 11.9 Å². The van der Waals surface area contributed by atoms with Gasteiger partial charge in [-0.25, -0.2) is 0 Å². The Bertz CT molecular complexity index is 428. The summed E-state index contributed by atoms with van der Waals surface area (Å²) in [5, 5.41) is 2.84. The Morgan fingerprint density at radius 3 is 2.35 bits per heavy atom. The van der Waals surface area contributed by atoms with Crippen LogP contribution in [0.5, 0.6) is 5.75 Å². The fourth-order valence-corrected chi connectivity index (χ4v) is 1.72. The number of nitrogens with one attached hydrogen (secondary N) is 1. The van der Waals surface area contributed by atoms with Crippen molar-refractivity contribution in [3.05, 3.63) is 29.8 Å². The number of esters is 1. The molecule has 0 atom stereocenters. The van der Waals surface area contributed by atoms with E-state index in [-0.39, 0.29) is 11.9 Å². The number of hydrogen-bond donors (Lipinski definition) is 1. The van der Waals surface area contributed by atoms with Gasteiger partial charge < -0.3 is 14.8 Å². The third kappa shape index (κ3) is 5.73. The van der Waals surface area contributed by atoms with E-state index in [9.17, 15) is 9.59 Å². The first-order chi connectivity index (χ1) is 9.67. The first-order valence-electron chi connectivity index (χ1n) is 6.66. The molecule has 5 heteroatoms. The summed E-state index contributed by atoms with van der Waals surface area (Å²) in [6, 6.07) is 6.97. The molecule has 0 saturated carbocycles. The van der Waals surface area contributed by atoms with Gasteiger partial charge in [-0.1, -0.05) is 6.42 Å². The molecule has 0 radical (unpaired) electrons. The van der Waals surface area contributed by atoms with Crippen LogP contribution < -0.4 is 10.1 Å². The topological polar surface area (TPSA) is 64.6 Å². The number of amides is 1. The van der Waals surface area contributed by atoms with E-state index in [1.807, 2.05) is 0 Å². The van der Waals surface area contributed by atoms with Crippen LogP contribution in [0.15, 0.2) is 24.3 Å². The standard InChI is InChI=1S/C15H21NO4/c1-19-13-9-7-12(8-10-13)15(18)16-11-5-3-4-6-14(17)20-2/h7-10H,3-6,11H2,1-2H3,(H,16,18). The normalized spacial score (nSPS) is 9.90. The molecule has 0 bridgehead atoms. The molecular weight excluding hydrogens is 258 g/mol. The van der Waals surface area contributed by atoms with Crippen LogP contribution >= 0.6 is 0 Å². The summed E-state index contributed by atoms with van der Waals surface area (Å²) in [4.78, 5) is 22.7. The predicted octanol–water partition coefficient (Wildman–Crippen LogP) is 2.16. The third-order valence-electron chi connectivity index (χ3n) is 2.92. The van der Waals surface area contributed by atoms with E-state index in [1.54, 1.807) is 31.4 Å². The molecule has 110 valence electrons. The van der Waals surface area contributed by atoms with Crippen molar-refractivity contribution < 1.29 is 19.1 Å². The molecule has 0 aliphatic carbocycles. The molecule has 0 fully saturated rings. The number of unbranched alkanes of at least 4 members (excludes halogenated alkanes) is 2. The zero-order valence-electron chi connectivity index (χ0n) is 12.0. The van der Waals surface area contributed by atoms with Gasteiger partial charge in [0, 0.05) is 18.5 Å². The molecule has 0 heterocycles. The maximum Gasteiger partial charge on any atom is 0.305 e. The molecule has 1 aromatic rings. The van der Waals surface area contributed by atoms with Gasteiger partial charge in [-0.2, -0.15) is 0 Å². The highest BCUT2D eigenvalue weighted by molar-refractivity contribution is 5.94. The fourth-order valence-electron chi connectivity index (χ4n) is 1.72. The second kappa shape index (κ2) is 8.96. The molecule has 20 heavy (non-hydrogen) atoms. The van der Waals surface area contributed by atoms with E-state index in [2.05, 4.69) is 10.1 Å². The third-order valence-corrected chi connectivity index (χ3v) is 2.92. The largest absolute Gasteiger partial charge is 0.497 e. The van der Waals surface area contributed by atoms with E-state index in [0.717, 1.165) is 25.0 Å². The maximum atomic E-state index is 11.8. The Hall–Kier alpha value is -2.04. The monoisotopic (exact) mass is 279 g/mol. The van der Waals surface area contributed by atoms with Gasteiger partial charge in [0.2, 0.25) is 0 Å². The molecule has 1 rings (SSSR count). The lowest BCUT2D eigenvalue weighted by atomic mass is 10.2. The number of benzene rings is 1. The first-order valence-corrected chi connectivity index (χ1v) is 6.66. The minimum absolute atomic E-state index is 0.0966. The van der Waals surface area contributed by atoms with Crippen molar-refractivity contribution in [2.24, 2.45) is 0 Å². The summed E-state index contributed by atoms with van der Waals surface area (Å²) >= 11 is 0. The molecule has 0 aliphatic rings. The Balaban J connectivity index is 2.18. The van der Waals surface area contributed by atoms with Gasteiger partial charge in [-0.3, -0.25) is 9.59 Å². The smallest absolute Gasteiger partial charge is 0.305 e. The zero-order chi connectivity index (χ0) is 14.8. The lowest BCUT2D eigenvalue weighted by Gasteiger charge is -2.06. The summed E-state index contributed by atoms with van der Waals surface area (Å²) in [5.74, 6) is 0.442. The number of carbonyl (C=O) groups is 2. The number of rotatable bonds is 8. The van der Waals surface area contributed by atoms with Crippen LogP contribution in [-0.2, 0) is 9.53 Å². The minimum atomic E-state index is -0.188. The van der Waals surface area contributed by atoms with Gasteiger partial charge in [0.25, 0.3) is 5.91 Å². The average Bonchev–Trinajstić information content (AvgIpc) is 2.50. The Labute approximate surface area is 119 Å². The molecular formula is C15H21NO4. The second-order valence-electron chi connectivity index (χ2n) is 4.37. The molecule has 1 N–H and O–H groups in total. The van der Waals surface area contributed by atoms with E-state index in [0.29, 0.717) is 18.5 Å². The molecule has 0 aliphatic heterocycles. The second-order valence-corrected chi connectivity index (χ2v) is 4.37. The summed E-state index contributed by atoms with van der Waals surface area (Å²) in [5.41, 5.74) is 0.611. The first kappa shape index (κ1) is 16.0. The molecule has 1 amide bonds. The highest BCUT2D eigenvalue weighted by Crippen LogP contribution is 2.11. The van der Waals surface area contributed by atoms with Gasteiger partial charge in [-0.15, -0.1) is 0 Å². The maximum absolute atomic E-state index is 11.8. The van der Waals surface area contributed by atoms with Crippen molar-refractivity contribution in [2.45, 2.75) is 25.7 Å². The van der Waals surface area contributed by atoms with Crippen molar-refractivity contribution in [3.8, 4) is 5.75 Å². The lowest BCUT2D eigenvalue weighted by molar-refractivity contribution is -0.140. The van der Waals surface area contributed by atoms with Gasteiger partial charge in [-0.05, 0) is 37.1 Å². The number of methoxy groups -OCH3 is 2. The van der Waals surface area contributed by atoms with Crippen LogP contribution in [0.2, 0.25) is 0 Å². The highest BCUT2D eigenvalue weighted by Gasteiger charge is 2.05. The highest BCUT2D eigenvalue weighted by atomic mass is 16.5. The molecule has 0 unspecified atom stereocenters. The Morgan fingerprint density at radius 1 is 1.05 bits per heavy atom. The van der Waals surface area contributed by atoms with Gasteiger partial charge in [0.05, 0.1) is 14.2 Å². The van der Waals surface area contributed by atoms with Crippen LogP contribution in [0.3, 0.4) is 0 Å². The van der Waals surface area contributed by atoms with Crippen LogP contribution in [0.1, 0.15) is 36.0 Å². The molecule has 1 aromatic carbocycles. The quantitative estimate of drug-likeness (QED) is 0.585. The fraction of sp³-hybridized carbons (Fsp3) is 0.467. The lowest BCUT2D eigenvalue weighted by Crippen LogP contribution is -2.24. The van der Waals surface area contributed by atoms with Crippen molar-refractivity contribution in [1.29, 1.82) is 0 Å². The van der Waals surface area contributed by atoms with Gasteiger partial charge in [0.1, 0.15) is 5.75 Å². The predicted molar refractivity (Wildman–Crippen MR) is 75.8 cm³/mol. The molecule has 0 saturated heterocycles. The molecule has 0 aromatic heterocycles. The Kier molecular flexibility index (Phi) is 7.17. The van der Waals surface area contributed by atoms with Crippen LogP contribution in [0.25, 0.3) is 0 Å². The number of carbonyl (C=O) groups excluding carboxylic acids is 2. The van der Waals surface area contributed by atoms with Crippen molar-refractivity contribution in [1.82, 2.24) is 5.32 Å². The summed E-state index contributed by atoms with van der Waals surface area (Å²) < 4.78 is 9.59. The van der Waals surface area contributed by atoms with Gasteiger partial charge >= 0.3 is 5.97 Å². The van der Waals surface area contributed by atoms with E-state index in [1.165, 1.54) is 7.11 Å². The zero-order valence-corrected chi connectivity index (χ0v) is 12.0. The number of ether oxygens (including phenoxy) is 2. The number of hydrogen-bond acceptors (Lipinski definition) is 4. The van der Waals surface area contributed by atoms with E-state index in [4.69, 9.17) is 4.74 Å². The molecule has 0 spiro atoms. The SMILES string of the molecule is COC(=O)CCCCCNC(=O)c1ccc(OC)cc1.